The van der Waals surface area contributed by atoms with Crippen LogP contribution in [-0.2, 0) is 15.9 Å². The smallest absolute Gasteiger partial charge is 0.185 e. The molecule has 0 aliphatic rings. The Bertz CT molecular complexity index is 378. The van der Waals surface area contributed by atoms with Crippen LogP contribution in [0.25, 0.3) is 0 Å². The Labute approximate surface area is 105 Å². The highest BCUT2D eigenvalue weighted by atomic mass is 35.5. The van der Waals surface area contributed by atoms with Crippen molar-refractivity contribution in [3.8, 4) is 0 Å². The van der Waals surface area contributed by atoms with Gasteiger partial charge in [0.05, 0.1) is 5.02 Å². The van der Waals surface area contributed by atoms with Crippen LogP contribution in [0.5, 0.6) is 0 Å². The second kappa shape index (κ2) is 5.78. The summed E-state index contributed by atoms with van der Waals surface area (Å²) in [4.78, 5) is 0. The number of rotatable bonds is 5. The Morgan fingerprint density at radius 3 is 2.53 bits per heavy atom. The van der Waals surface area contributed by atoms with E-state index in [0.29, 0.717) is 5.56 Å². The Morgan fingerprint density at radius 1 is 1.41 bits per heavy atom. The van der Waals surface area contributed by atoms with Gasteiger partial charge in [0.25, 0.3) is 0 Å². The molecule has 0 saturated carbocycles. The molecular formula is C12H16ClFO3. The molecule has 5 heteroatoms. The zero-order valence-electron chi connectivity index (χ0n) is 10.0. The van der Waals surface area contributed by atoms with Crippen LogP contribution < -0.4 is 0 Å². The van der Waals surface area contributed by atoms with Gasteiger partial charge in [-0.1, -0.05) is 23.7 Å². The number of hydrogen-bond donors (Lipinski definition) is 1. The van der Waals surface area contributed by atoms with Crippen molar-refractivity contribution < 1.29 is 19.0 Å². The first-order valence-electron chi connectivity index (χ1n) is 5.13. The molecule has 0 bridgehead atoms. The average molecular weight is 263 g/mol. The highest BCUT2D eigenvalue weighted by Crippen LogP contribution is 2.24. The van der Waals surface area contributed by atoms with Crippen molar-refractivity contribution in [1.29, 1.82) is 0 Å². The van der Waals surface area contributed by atoms with Gasteiger partial charge in [-0.3, -0.25) is 0 Å². The predicted molar refractivity (Wildman–Crippen MR) is 63.5 cm³/mol. The minimum atomic E-state index is -1.34. The van der Waals surface area contributed by atoms with E-state index in [1.165, 1.54) is 27.2 Å². The van der Waals surface area contributed by atoms with Gasteiger partial charge in [-0.25, -0.2) is 4.39 Å². The molecule has 0 amide bonds. The zero-order valence-corrected chi connectivity index (χ0v) is 10.8. The molecule has 17 heavy (non-hydrogen) atoms. The molecule has 0 heterocycles. The minimum Gasteiger partial charge on any atom is -0.385 e. The second-order valence-corrected chi connectivity index (χ2v) is 4.46. The van der Waals surface area contributed by atoms with E-state index in [2.05, 4.69) is 0 Å². The van der Waals surface area contributed by atoms with Crippen LogP contribution in [0.1, 0.15) is 12.5 Å². The summed E-state index contributed by atoms with van der Waals surface area (Å²) in [5, 5.41) is 10.2. The van der Waals surface area contributed by atoms with E-state index >= 15 is 0 Å². The van der Waals surface area contributed by atoms with E-state index in [1.54, 1.807) is 12.1 Å². The summed E-state index contributed by atoms with van der Waals surface area (Å²) < 4.78 is 23.6. The third-order valence-corrected chi connectivity index (χ3v) is 2.81. The molecule has 1 N–H and O–H groups in total. The largest absolute Gasteiger partial charge is 0.385 e. The number of ether oxygens (including phenoxy) is 2. The molecule has 0 aliphatic heterocycles. The quantitative estimate of drug-likeness (QED) is 0.828. The number of hydrogen-bond acceptors (Lipinski definition) is 3. The summed E-state index contributed by atoms with van der Waals surface area (Å²) >= 11 is 5.67. The van der Waals surface area contributed by atoms with Crippen LogP contribution in [0.4, 0.5) is 4.39 Å². The average Bonchev–Trinajstić information content (AvgIpc) is 2.26. The van der Waals surface area contributed by atoms with Crippen molar-refractivity contribution in [3.63, 3.8) is 0 Å². The third-order valence-electron chi connectivity index (χ3n) is 2.52. The first-order chi connectivity index (χ1) is 7.92. The maximum Gasteiger partial charge on any atom is 0.185 e. The van der Waals surface area contributed by atoms with Gasteiger partial charge < -0.3 is 14.6 Å². The van der Waals surface area contributed by atoms with Crippen molar-refractivity contribution in [2.75, 3.05) is 14.2 Å². The Balaban J connectivity index is 2.93. The Kier molecular flexibility index (Phi) is 4.89. The Morgan fingerprint density at radius 2 is 2.00 bits per heavy atom. The predicted octanol–water partition coefficient (Wildman–Crippen LogP) is 2.39. The first-order valence-corrected chi connectivity index (χ1v) is 5.51. The summed E-state index contributed by atoms with van der Waals surface area (Å²) in [7, 11) is 2.83. The van der Waals surface area contributed by atoms with E-state index in [4.69, 9.17) is 21.1 Å². The summed E-state index contributed by atoms with van der Waals surface area (Å²) in [6.45, 7) is 1.52. The molecule has 1 unspecified atom stereocenters. The van der Waals surface area contributed by atoms with E-state index in [9.17, 15) is 9.50 Å². The number of halogens is 2. The fourth-order valence-electron chi connectivity index (χ4n) is 1.76. The SMILES string of the molecule is COC(OC)C(C)(O)Cc1cccc(Cl)c1F. The maximum atomic E-state index is 13.7. The zero-order chi connectivity index (χ0) is 13.1. The van der Waals surface area contributed by atoms with Crippen LogP contribution in [0.2, 0.25) is 5.02 Å². The topological polar surface area (TPSA) is 38.7 Å². The lowest BCUT2D eigenvalue weighted by molar-refractivity contribution is -0.207. The normalized spacial score (nSPS) is 15.0. The lowest BCUT2D eigenvalue weighted by atomic mass is 9.95. The molecule has 0 aromatic heterocycles. The van der Waals surface area contributed by atoms with Crippen LogP contribution in [0.3, 0.4) is 0 Å². The molecule has 96 valence electrons. The minimum absolute atomic E-state index is 0.0321. The highest BCUT2D eigenvalue weighted by molar-refractivity contribution is 6.30. The summed E-state index contributed by atoms with van der Waals surface area (Å²) in [5.74, 6) is -0.527. The summed E-state index contributed by atoms with van der Waals surface area (Å²) in [6.07, 6.45) is -0.785. The monoisotopic (exact) mass is 262 g/mol. The molecule has 1 aromatic carbocycles. The van der Waals surface area contributed by atoms with Crippen molar-refractivity contribution in [1.82, 2.24) is 0 Å². The van der Waals surface area contributed by atoms with Gasteiger partial charge >= 0.3 is 0 Å². The van der Waals surface area contributed by atoms with Crippen molar-refractivity contribution in [3.05, 3.63) is 34.6 Å². The van der Waals surface area contributed by atoms with Gasteiger partial charge in [-0.2, -0.15) is 0 Å². The number of methoxy groups -OCH3 is 2. The van der Waals surface area contributed by atoms with Gasteiger partial charge in [0.2, 0.25) is 0 Å². The fourth-order valence-corrected chi connectivity index (χ4v) is 1.95. The standard InChI is InChI=1S/C12H16ClFO3/c1-12(15,11(16-2)17-3)7-8-5-4-6-9(13)10(8)14/h4-6,11,15H,7H2,1-3H3. The molecule has 1 atom stereocenters. The number of aliphatic hydroxyl groups is 1. The maximum absolute atomic E-state index is 13.7. The molecule has 0 radical (unpaired) electrons. The van der Waals surface area contributed by atoms with Crippen LogP contribution >= 0.6 is 11.6 Å². The molecule has 1 aromatic rings. The highest BCUT2D eigenvalue weighted by Gasteiger charge is 2.33. The lowest BCUT2D eigenvalue weighted by Gasteiger charge is -2.30. The van der Waals surface area contributed by atoms with Crippen LogP contribution in [0.15, 0.2) is 18.2 Å². The van der Waals surface area contributed by atoms with E-state index in [0.717, 1.165) is 0 Å². The van der Waals surface area contributed by atoms with Gasteiger partial charge in [0, 0.05) is 20.6 Å². The Hall–Kier alpha value is -0.680. The second-order valence-electron chi connectivity index (χ2n) is 4.05. The van der Waals surface area contributed by atoms with Gasteiger partial charge in [-0.05, 0) is 18.6 Å². The van der Waals surface area contributed by atoms with E-state index in [1.807, 2.05) is 0 Å². The van der Waals surface area contributed by atoms with Crippen molar-refractivity contribution >= 4 is 11.6 Å². The summed E-state index contributed by atoms with van der Waals surface area (Å²) in [6, 6.07) is 4.66. The first kappa shape index (κ1) is 14.4. The molecule has 3 nitrogen and oxygen atoms in total. The molecular weight excluding hydrogens is 247 g/mol. The molecule has 0 saturated heterocycles. The van der Waals surface area contributed by atoms with Crippen molar-refractivity contribution in [2.45, 2.75) is 25.2 Å². The van der Waals surface area contributed by atoms with Crippen LogP contribution in [-0.4, -0.2) is 31.2 Å². The van der Waals surface area contributed by atoms with Gasteiger partial charge in [-0.15, -0.1) is 0 Å². The number of benzene rings is 1. The molecule has 0 aliphatic carbocycles. The molecule has 0 spiro atoms. The molecule has 0 fully saturated rings. The van der Waals surface area contributed by atoms with Gasteiger partial charge in [0.1, 0.15) is 11.4 Å². The van der Waals surface area contributed by atoms with E-state index < -0.39 is 17.7 Å². The summed E-state index contributed by atoms with van der Waals surface area (Å²) in [5.41, 5.74) is -1.02. The molecule has 1 rings (SSSR count). The van der Waals surface area contributed by atoms with Crippen LogP contribution in [0, 0.1) is 5.82 Å². The fraction of sp³-hybridized carbons (Fsp3) is 0.500. The van der Waals surface area contributed by atoms with Crippen molar-refractivity contribution in [2.24, 2.45) is 0 Å². The lowest BCUT2D eigenvalue weighted by Crippen LogP contribution is -2.44. The third kappa shape index (κ3) is 3.39. The van der Waals surface area contributed by atoms with E-state index in [-0.39, 0.29) is 11.4 Å². The van der Waals surface area contributed by atoms with Gasteiger partial charge in [0.15, 0.2) is 6.29 Å².